The molecule has 2 N–H and O–H groups in total. The lowest BCUT2D eigenvalue weighted by atomic mass is 9.99. The number of amidine groups is 1. The van der Waals surface area contributed by atoms with Crippen LogP contribution in [0.4, 0.5) is 0 Å². The van der Waals surface area contributed by atoms with Crippen molar-refractivity contribution in [1.82, 2.24) is 5.32 Å². The Morgan fingerprint density at radius 2 is 2.06 bits per heavy atom. The van der Waals surface area contributed by atoms with Crippen LogP contribution < -0.4 is 5.32 Å². The van der Waals surface area contributed by atoms with E-state index in [-0.39, 0.29) is 12.3 Å². The van der Waals surface area contributed by atoms with Gasteiger partial charge in [-0.05, 0) is 25.7 Å². The molecular formula is C11H15N3O3S. The fraction of sp³-hybridized carbons (Fsp3) is 0.636. The molecule has 1 amide bonds. The van der Waals surface area contributed by atoms with Crippen molar-refractivity contribution in [1.29, 1.82) is 0 Å². The zero-order valence-electron chi connectivity index (χ0n) is 9.89. The third kappa shape index (κ3) is 3.56. The number of nitrogens with zero attached hydrogens (tertiary/aromatic N) is 2. The van der Waals surface area contributed by atoms with Gasteiger partial charge in [-0.3, -0.25) is 9.59 Å². The van der Waals surface area contributed by atoms with Gasteiger partial charge in [0, 0.05) is 5.71 Å². The molecule has 0 aromatic carbocycles. The average molecular weight is 269 g/mol. The number of nitrogens with one attached hydrogen (secondary N) is 1. The second-order valence-corrected chi connectivity index (χ2v) is 5.52. The lowest BCUT2D eigenvalue weighted by molar-refractivity contribution is -0.138. The number of hydrogen-bond donors (Lipinski definition) is 2. The second kappa shape index (κ2) is 5.99. The molecule has 0 radical (unpaired) electrons. The fourth-order valence-electron chi connectivity index (χ4n) is 1.92. The first-order chi connectivity index (χ1) is 8.65. The van der Waals surface area contributed by atoms with Crippen LogP contribution in [0.5, 0.6) is 0 Å². The van der Waals surface area contributed by atoms with Crippen molar-refractivity contribution >= 4 is 34.5 Å². The van der Waals surface area contributed by atoms with E-state index in [0.29, 0.717) is 5.17 Å². The van der Waals surface area contributed by atoms with Gasteiger partial charge in [0.15, 0.2) is 5.17 Å². The molecule has 2 rings (SSSR count). The Balaban J connectivity index is 1.94. The molecule has 6 nitrogen and oxygen atoms in total. The minimum absolute atomic E-state index is 0.188. The molecule has 98 valence electrons. The molecule has 0 aromatic heterocycles. The van der Waals surface area contributed by atoms with Crippen molar-refractivity contribution in [3.05, 3.63) is 0 Å². The second-order valence-electron chi connectivity index (χ2n) is 4.33. The SMILES string of the molecule is O=C(O)CC1S/C(=N/N=C2CCCCC2)NC1=O. The van der Waals surface area contributed by atoms with Crippen LogP contribution in [0.3, 0.4) is 0 Å². The molecule has 2 fully saturated rings. The van der Waals surface area contributed by atoms with E-state index in [4.69, 9.17) is 5.11 Å². The van der Waals surface area contributed by atoms with Gasteiger partial charge in [0.2, 0.25) is 5.91 Å². The Morgan fingerprint density at radius 1 is 1.33 bits per heavy atom. The summed E-state index contributed by atoms with van der Waals surface area (Å²) in [5.41, 5.74) is 1.06. The lowest BCUT2D eigenvalue weighted by Crippen LogP contribution is -2.26. The smallest absolute Gasteiger partial charge is 0.305 e. The lowest BCUT2D eigenvalue weighted by Gasteiger charge is -2.10. The maximum Gasteiger partial charge on any atom is 0.305 e. The van der Waals surface area contributed by atoms with Gasteiger partial charge in [-0.25, -0.2) is 0 Å². The van der Waals surface area contributed by atoms with Crippen molar-refractivity contribution in [2.45, 2.75) is 43.8 Å². The van der Waals surface area contributed by atoms with Crippen molar-refractivity contribution in [2.75, 3.05) is 0 Å². The maximum absolute atomic E-state index is 11.4. The van der Waals surface area contributed by atoms with Gasteiger partial charge in [0.05, 0.1) is 6.42 Å². The predicted molar refractivity (Wildman–Crippen MR) is 69.7 cm³/mol. The largest absolute Gasteiger partial charge is 0.481 e. The highest BCUT2D eigenvalue weighted by molar-refractivity contribution is 8.15. The first-order valence-corrected chi connectivity index (χ1v) is 6.86. The summed E-state index contributed by atoms with van der Waals surface area (Å²) in [5.74, 6) is -1.28. The van der Waals surface area contributed by atoms with Crippen LogP contribution in [0.2, 0.25) is 0 Å². The van der Waals surface area contributed by atoms with E-state index in [1.165, 1.54) is 6.42 Å². The number of carboxylic acids is 1. The Bertz CT molecular complexity index is 412. The maximum atomic E-state index is 11.4. The van der Waals surface area contributed by atoms with Crippen LogP contribution in [0, 0.1) is 0 Å². The number of carboxylic acid groups (broad SMARTS) is 1. The van der Waals surface area contributed by atoms with E-state index < -0.39 is 11.2 Å². The highest BCUT2D eigenvalue weighted by Gasteiger charge is 2.32. The topological polar surface area (TPSA) is 91.1 Å². The highest BCUT2D eigenvalue weighted by atomic mass is 32.2. The quantitative estimate of drug-likeness (QED) is 0.757. The van der Waals surface area contributed by atoms with E-state index in [1.54, 1.807) is 0 Å². The number of carbonyl (C=O) groups is 2. The summed E-state index contributed by atoms with van der Waals surface area (Å²) in [6.07, 6.45) is 5.27. The Labute approximate surface area is 109 Å². The van der Waals surface area contributed by atoms with Gasteiger partial charge < -0.3 is 10.4 Å². The average Bonchev–Trinajstić information content (AvgIpc) is 2.68. The van der Waals surface area contributed by atoms with Crippen LogP contribution in [0.1, 0.15) is 38.5 Å². The molecule has 1 heterocycles. The van der Waals surface area contributed by atoms with Crippen molar-refractivity contribution in [2.24, 2.45) is 10.2 Å². The van der Waals surface area contributed by atoms with Crippen LogP contribution in [0.25, 0.3) is 0 Å². The highest BCUT2D eigenvalue weighted by Crippen LogP contribution is 2.22. The molecule has 1 saturated heterocycles. The van der Waals surface area contributed by atoms with E-state index in [0.717, 1.165) is 43.2 Å². The van der Waals surface area contributed by atoms with E-state index in [1.807, 2.05) is 0 Å². The molecule has 18 heavy (non-hydrogen) atoms. The normalized spacial score (nSPS) is 26.2. The molecule has 1 saturated carbocycles. The number of thioether (sulfide) groups is 1. The summed E-state index contributed by atoms with van der Waals surface area (Å²) in [6.45, 7) is 0. The third-order valence-corrected chi connectivity index (χ3v) is 3.92. The molecule has 1 atom stereocenters. The first-order valence-electron chi connectivity index (χ1n) is 5.98. The fourth-order valence-corrected chi connectivity index (χ4v) is 2.83. The standard InChI is InChI=1S/C11H15N3O3S/c15-9(16)6-8-10(17)12-11(18-8)14-13-7-4-2-1-3-5-7/h8H,1-6H2,(H,15,16)(H,12,14,17). The van der Waals surface area contributed by atoms with Crippen LogP contribution >= 0.6 is 11.8 Å². The van der Waals surface area contributed by atoms with Crippen LogP contribution in [-0.4, -0.2) is 33.1 Å². The Hall–Kier alpha value is -1.37. The minimum Gasteiger partial charge on any atom is -0.481 e. The zero-order chi connectivity index (χ0) is 13.0. The molecule has 1 unspecified atom stereocenters. The number of aliphatic carboxylic acids is 1. The number of rotatable bonds is 3. The number of amides is 1. The third-order valence-electron chi connectivity index (χ3n) is 2.85. The van der Waals surface area contributed by atoms with E-state index in [2.05, 4.69) is 15.5 Å². The molecular weight excluding hydrogens is 254 g/mol. The Kier molecular flexibility index (Phi) is 4.35. The summed E-state index contributed by atoms with van der Waals surface area (Å²) in [4.78, 5) is 22.0. The molecule has 0 spiro atoms. The molecule has 1 aliphatic carbocycles. The van der Waals surface area contributed by atoms with E-state index in [9.17, 15) is 9.59 Å². The monoisotopic (exact) mass is 269 g/mol. The molecule has 2 aliphatic rings. The molecule has 1 aliphatic heterocycles. The van der Waals surface area contributed by atoms with E-state index >= 15 is 0 Å². The first kappa shape index (κ1) is 13.1. The van der Waals surface area contributed by atoms with Gasteiger partial charge in [-0.2, -0.15) is 5.10 Å². The van der Waals surface area contributed by atoms with Crippen molar-refractivity contribution < 1.29 is 14.7 Å². The molecule has 0 bridgehead atoms. The molecule has 7 heteroatoms. The van der Waals surface area contributed by atoms with Crippen molar-refractivity contribution in [3.63, 3.8) is 0 Å². The van der Waals surface area contributed by atoms with Gasteiger partial charge in [-0.15, -0.1) is 5.10 Å². The zero-order valence-corrected chi connectivity index (χ0v) is 10.7. The number of hydrogen-bond acceptors (Lipinski definition) is 5. The summed E-state index contributed by atoms with van der Waals surface area (Å²) in [6, 6.07) is 0. The summed E-state index contributed by atoms with van der Waals surface area (Å²) >= 11 is 1.14. The molecule has 0 aromatic rings. The summed E-state index contributed by atoms with van der Waals surface area (Å²) in [5, 5.41) is 19.2. The van der Waals surface area contributed by atoms with Gasteiger partial charge in [0.25, 0.3) is 0 Å². The van der Waals surface area contributed by atoms with Gasteiger partial charge in [0.1, 0.15) is 5.25 Å². The summed E-state index contributed by atoms with van der Waals surface area (Å²) < 4.78 is 0. The van der Waals surface area contributed by atoms with Gasteiger partial charge in [-0.1, -0.05) is 18.2 Å². The van der Waals surface area contributed by atoms with Crippen LogP contribution in [0.15, 0.2) is 10.2 Å². The Morgan fingerprint density at radius 3 is 2.72 bits per heavy atom. The van der Waals surface area contributed by atoms with Crippen molar-refractivity contribution in [3.8, 4) is 0 Å². The summed E-state index contributed by atoms with van der Waals surface area (Å²) in [7, 11) is 0. The van der Waals surface area contributed by atoms with Gasteiger partial charge >= 0.3 is 5.97 Å². The minimum atomic E-state index is -0.984. The number of carbonyl (C=O) groups excluding carboxylic acids is 1. The van der Waals surface area contributed by atoms with Crippen LogP contribution in [-0.2, 0) is 9.59 Å². The predicted octanol–water partition coefficient (Wildman–Crippen LogP) is 1.37.